The van der Waals surface area contributed by atoms with Crippen LogP contribution in [0, 0.1) is 11.8 Å². The van der Waals surface area contributed by atoms with Gasteiger partial charge in [0.1, 0.15) is 0 Å². The van der Waals surface area contributed by atoms with Gasteiger partial charge in [0.2, 0.25) is 0 Å². The molecule has 4 aliphatic carbocycles. The number of esters is 4. The van der Waals surface area contributed by atoms with Crippen molar-refractivity contribution in [3.05, 3.63) is 217 Å². The summed E-state index contributed by atoms with van der Waals surface area (Å²) in [6, 6.07) is 26.4. The molecule has 96 heavy (non-hydrogen) atoms. The van der Waals surface area contributed by atoms with E-state index in [9.17, 15) is 24.3 Å². The number of aliphatic hydroxyl groups is 2. The van der Waals surface area contributed by atoms with Gasteiger partial charge in [-0.3, -0.25) is 14.7 Å². The summed E-state index contributed by atoms with van der Waals surface area (Å²) in [5.74, 6) is 5.71. The minimum absolute atomic E-state index is 0.0343. The number of piperidine rings is 3. The number of fused-ring (bicyclic) bond motifs is 12. The van der Waals surface area contributed by atoms with Crippen LogP contribution in [0.3, 0.4) is 0 Å². The standard InChI is InChI=1S/C23H26N2O2.C22H23NO3.C22H21NO3.C13H12BrNO2/c1-24(2)18-10-7-16(8-11-18)6-9-17-13-19-15-23(20(17)14-22(26)27-23)21-5-3-4-12-25(19)21;2*24-14-16-6-4-15(5-7-16)8-9-17-11-18-13-22(19(17)12-21(25)26-22)20-3-1-2-10-23(18)20;14-10-2-1-5-15-9-4-3-8-6-11(16)17-13(8,7-9)12(10)15/h6-11,13-14,19,21H,3-5,12,15H2,1-2H3;4-9,11-12,18,20,24H,1-3,10,13-14H2;4-7,11-12,18,20,24H,1-3,10,13-14H2;3-4,6,9H,1-2,5,7H2. The molecule has 15 nitrogen and oxygen atoms in total. The van der Waals surface area contributed by atoms with E-state index in [0.29, 0.717) is 42.3 Å². The third kappa shape index (κ3) is 10.7. The molecule has 4 spiro atoms. The predicted molar refractivity (Wildman–Crippen MR) is 370 cm³/mol. The van der Waals surface area contributed by atoms with Crippen molar-refractivity contribution in [1.82, 2.24) is 19.6 Å². The summed E-state index contributed by atoms with van der Waals surface area (Å²) in [5, 5.41) is 18.3. The minimum Gasteiger partial charge on any atom is -0.449 e. The number of rotatable bonds is 7. The third-order valence-electron chi connectivity index (χ3n) is 23.2. The number of carbonyl (C=O) groups is 4. The topological polar surface area (TPSA) is 162 Å². The largest absolute Gasteiger partial charge is 0.449 e. The molecule has 0 aromatic heterocycles. The summed E-state index contributed by atoms with van der Waals surface area (Å²) in [7, 11) is 4.09. The molecule has 19 rings (SSSR count). The summed E-state index contributed by atoms with van der Waals surface area (Å²) in [4.78, 5) is 60.2. The molecule has 0 amide bonds. The first-order valence-electron chi connectivity index (χ1n) is 34.8. The van der Waals surface area contributed by atoms with Gasteiger partial charge in [-0.25, -0.2) is 19.2 Å². The van der Waals surface area contributed by atoms with Gasteiger partial charge in [0.15, 0.2) is 22.4 Å². The van der Waals surface area contributed by atoms with Crippen LogP contribution in [0.15, 0.2) is 189 Å². The number of halogens is 1. The zero-order chi connectivity index (χ0) is 65.7. The zero-order valence-electron chi connectivity index (χ0n) is 54.6. The molecular weight excluding hydrogens is 1270 g/mol. The molecule has 0 radical (unpaired) electrons. The van der Waals surface area contributed by atoms with Crippen molar-refractivity contribution in [3.8, 4) is 11.8 Å². The van der Waals surface area contributed by atoms with Gasteiger partial charge in [-0.1, -0.05) is 150 Å². The third-order valence-corrected chi connectivity index (χ3v) is 23.9. The van der Waals surface area contributed by atoms with Crippen molar-refractivity contribution < 1.29 is 48.3 Å². The number of hydrogen-bond donors (Lipinski definition) is 2. The lowest BCUT2D eigenvalue weighted by Crippen LogP contribution is -2.48. The van der Waals surface area contributed by atoms with Crippen molar-refractivity contribution in [2.75, 3.05) is 45.2 Å². The fourth-order valence-corrected chi connectivity index (χ4v) is 19.8. The van der Waals surface area contributed by atoms with E-state index in [-0.39, 0.29) is 37.1 Å². The van der Waals surface area contributed by atoms with Crippen molar-refractivity contribution in [2.24, 2.45) is 0 Å². The first kappa shape index (κ1) is 62.9. The Labute approximate surface area is 570 Å². The maximum absolute atomic E-state index is 12.2. The molecule has 7 saturated heterocycles. The Balaban J connectivity index is 0.000000102. The second-order valence-electron chi connectivity index (χ2n) is 28.7. The lowest BCUT2D eigenvalue weighted by molar-refractivity contribution is -0.149. The van der Waals surface area contributed by atoms with Gasteiger partial charge in [0, 0.05) is 132 Å². The summed E-state index contributed by atoms with van der Waals surface area (Å²) < 4.78 is 24.7. The highest BCUT2D eigenvalue weighted by Crippen LogP contribution is 2.58. The van der Waals surface area contributed by atoms with Gasteiger partial charge in [-0.2, -0.15) is 0 Å². The molecule has 8 bridgehead atoms. The van der Waals surface area contributed by atoms with Crippen LogP contribution in [0.1, 0.15) is 124 Å². The van der Waals surface area contributed by atoms with E-state index in [1.165, 1.54) is 54.4 Å². The average molecular weight is 1350 g/mol. The lowest BCUT2D eigenvalue weighted by Gasteiger charge is -2.38. The number of nitrogens with zero attached hydrogens (tertiary/aromatic N) is 5. The van der Waals surface area contributed by atoms with Crippen LogP contribution in [-0.2, 0) is 51.3 Å². The first-order chi connectivity index (χ1) is 46.7. The van der Waals surface area contributed by atoms with Crippen LogP contribution < -0.4 is 4.90 Å². The van der Waals surface area contributed by atoms with Gasteiger partial charge in [0.25, 0.3) is 0 Å². The van der Waals surface area contributed by atoms with E-state index in [1.54, 1.807) is 24.3 Å². The first-order valence-corrected chi connectivity index (χ1v) is 35.6. The Morgan fingerprint density at radius 2 is 1.01 bits per heavy atom. The monoisotopic (exact) mass is 1350 g/mol. The second kappa shape index (κ2) is 24.9. The van der Waals surface area contributed by atoms with Crippen molar-refractivity contribution >= 4 is 57.6 Å². The molecule has 11 unspecified atom stereocenters. The quantitative estimate of drug-likeness (QED) is 0.130. The van der Waals surface area contributed by atoms with Gasteiger partial charge in [-0.05, 0) is 129 Å². The number of aliphatic hydroxyl groups excluding tert-OH is 2. The highest BCUT2D eigenvalue weighted by molar-refractivity contribution is 9.11. The van der Waals surface area contributed by atoms with E-state index < -0.39 is 22.4 Å². The summed E-state index contributed by atoms with van der Waals surface area (Å²) >= 11 is 3.67. The average Bonchev–Trinajstić information content (AvgIpc) is 1.58. The van der Waals surface area contributed by atoms with E-state index in [4.69, 9.17) is 24.1 Å². The van der Waals surface area contributed by atoms with E-state index >= 15 is 0 Å². The fraction of sp³-hybridized carbons (Fsp3) is 0.425. The predicted octanol–water partition coefficient (Wildman–Crippen LogP) is 11.1. The zero-order valence-corrected chi connectivity index (χ0v) is 56.2. The van der Waals surface area contributed by atoms with Crippen molar-refractivity contribution in [2.45, 2.75) is 174 Å². The summed E-state index contributed by atoms with van der Waals surface area (Å²) in [6.07, 6.45) is 42.8. The van der Waals surface area contributed by atoms with Gasteiger partial charge >= 0.3 is 23.9 Å². The van der Waals surface area contributed by atoms with E-state index in [2.05, 4.69) is 131 Å². The van der Waals surface area contributed by atoms with Crippen LogP contribution in [0.25, 0.3) is 12.2 Å². The number of ether oxygens (including phenoxy) is 4. The highest BCUT2D eigenvalue weighted by atomic mass is 79.9. The van der Waals surface area contributed by atoms with Crippen LogP contribution in [0.5, 0.6) is 0 Å². The Bertz CT molecular complexity index is 4160. The van der Waals surface area contributed by atoms with Crippen molar-refractivity contribution in [3.63, 3.8) is 0 Å². The fourth-order valence-electron chi connectivity index (χ4n) is 19.0. The Hall–Kier alpha value is -7.88. The minimum atomic E-state index is -0.484. The van der Waals surface area contributed by atoms with Crippen LogP contribution in [-0.4, -0.2) is 159 Å². The second-order valence-corrected chi connectivity index (χ2v) is 29.6. The maximum atomic E-state index is 12.2. The van der Waals surface area contributed by atoms with Crippen LogP contribution in [0.4, 0.5) is 5.69 Å². The molecule has 11 atom stereocenters. The van der Waals surface area contributed by atoms with Gasteiger partial charge in [0.05, 0.1) is 43.1 Å². The smallest absolute Gasteiger partial charge is 0.332 e. The molecule has 16 aliphatic rings. The molecule has 2 N–H and O–H groups in total. The molecule has 3 aromatic carbocycles. The maximum Gasteiger partial charge on any atom is 0.332 e. The lowest BCUT2D eigenvalue weighted by atomic mass is 9.76. The van der Waals surface area contributed by atoms with Crippen LogP contribution in [0.2, 0.25) is 0 Å². The summed E-state index contributed by atoms with van der Waals surface area (Å²) in [6.45, 7) is 4.43. The Kier molecular flexibility index (Phi) is 16.3. The highest BCUT2D eigenvalue weighted by Gasteiger charge is 2.65. The number of anilines is 1. The van der Waals surface area contributed by atoms with Gasteiger partial charge in [-0.15, -0.1) is 0 Å². The SMILES string of the molecule is CN(C)c1ccc(C=CC2=CC3CC4(OC(=O)C=C24)C2CCCCN32)cc1.O=C1C=C2C(C#Cc3ccc(CO)cc3)=CC3CC2(O1)C1CCCCN31.O=C1C=C2C(C=Cc3ccc(CO)cc3)=CC3CC2(O1)C1CCCCN31.O=C1C=C2C=CC3CC2(O1)C1=C(Br)CCCN13. The number of carbonyl (C=O) groups excluding carboxylic acids is 4. The molecule has 16 heteroatoms. The molecule has 7 fully saturated rings. The molecule has 12 aliphatic heterocycles. The number of benzene rings is 3. The Morgan fingerprint density at radius 1 is 0.531 bits per heavy atom. The van der Waals surface area contributed by atoms with Crippen LogP contribution >= 0.6 is 15.9 Å². The molecular formula is C80H82BrN5O10. The molecule has 12 heterocycles. The van der Waals surface area contributed by atoms with E-state index in [1.807, 2.05) is 62.6 Å². The van der Waals surface area contributed by atoms with Gasteiger partial charge < -0.3 is 39.0 Å². The summed E-state index contributed by atoms with van der Waals surface area (Å²) in [5.41, 5.74) is 12.9. The van der Waals surface area contributed by atoms with E-state index in [0.717, 1.165) is 151 Å². The molecule has 0 saturated carbocycles. The number of allylic oxidation sites excluding steroid dienone is 3. The molecule has 494 valence electrons. The normalized spacial score (nSPS) is 33.3. The number of hydrogen-bond acceptors (Lipinski definition) is 15. The Morgan fingerprint density at radius 3 is 1.53 bits per heavy atom. The van der Waals surface area contributed by atoms with Crippen molar-refractivity contribution in [1.29, 1.82) is 0 Å². The molecule has 3 aromatic rings.